The van der Waals surface area contributed by atoms with E-state index in [1.54, 1.807) is 42.5 Å². The summed E-state index contributed by atoms with van der Waals surface area (Å²) in [6.07, 6.45) is 0. The number of Topliss-reactive ketones (excluding diaryl/α,β-unsaturated/α-hetero) is 2. The molecule has 1 saturated heterocycles. The van der Waals surface area contributed by atoms with E-state index in [0.29, 0.717) is 17.2 Å². The molecule has 1 aliphatic rings. The molecule has 2 unspecified atom stereocenters. The standard InChI is InChI=1S/C25H20FNO5/c1-31-17-11-7-15(8-12-17)23(28)21-22(19-5-3-4-6-20(19)26)27(25(30)24(21)29)16-9-13-18(32-2)14-10-16/h3-14,21-22H,1-2H3. The monoisotopic (exact) mass is 433 g/mol. The molecule has 0 spiro atoms. The Morgan fingerprint density at radius 1 is 0.844 bits per heavy atom. The number of rotatable bonds is 6. The van der Waals surface area contributed by atoms with E-state index in [1.807, 2.05) is 0 Å². The van der Waals surface area contributed by atoms with Crippen molar-refractivity contribution in [2.24, 2.45) is 5.92 Å². The van der Waals surface area contributed by atoms with Gasteiger partial charge in [0.15, 0.2) is 5.78 Å². The van der Waals surface area contributed by atoms with Crippen LogP contribution in [0.2, 0.25) is 0 Å². The van der Waals surface area contributed by atoms with E-state index in [4.69, 9.17) is 9.47 Å². The molecule has 162 valence electrons. The Morgan fingerprint density at radius 3 is 1.97 bits per heavy atom. The molecule has 4 rings (SSSR count). The number of ketones is 2. The summed E-state index contributed by atoms with van der Waals surface area (Å²) in [7, 11) is 3.00. The van der Waals surface area contributed by atoms with Gasteiger partial charge in [-0.1, -0.05) is 18.2 Å². The van der Waals surface area contributed by atoms with Crippen LogP contribution in [0.25, 0.3) is 0 Å². The van der Waals surface area contributed by atoms with Gasteiger partial charge in [-0.2, -0.15) is 0 Å². The Kier molecular flexibility index (Phi) is 5.73. The van der Waals surface area contributed by atoms with Gasteiger partial charge < -0.3 is 9.47 Å². The molecule has 3 aromatic carbocycles. The van der Waals surface area contributed by atoms with Gasteiger partial charge in [0.25, 0.3) is 5.91 Å². The predicted molar refractivity (Wildman–Crippen MR) is 115 cm³/mol. The third-order valence-corrected chi connectivity index (χ3v) is 5.54. The Labute approximate surface area is 184 Å². The second kappa shape index (κ2) is 8.63. The first-order chi connectivity index (χ1) is 15.5. The van der Waals surface area contributed by atoms with Gasteiger partial charge in [-0.05, 0) is 54.6 Å². The van der Waals surface area contributed by atoms with Crippen molar-refractivity contribution in [3.8, 4) is 11.5 Å². The fraction of sp³-hybridized carbons (Fsp3) is 0.160. The van der Waals surface area contributed by atoms with E-state index in [2.05, 4.69) is 0 Å². The van der Waals surface area contributed by atoms with Crippen LogP contribution in [0.4, 0.5) is 10.1 Å². The molecule has 1 aliphatic heterocycles. The molecule has 1 amide bonds. The summed E-state index contributed by atoms with van der Waals surface area (Å²) in [6.45, 7) is 0. The molecule has 6 nitrogen and oxygen atoms in total. The number of hydrogen-bond acceptors (Lipinski definition) is 5. The average Bonchev–Trinajstić information content (AvgIpc) is 3.09. The van der Waals surface area contributed by atoms with Crippen molar-refractivity contribution in [1.29, 1.82) is 0 Å². The molecule has 0 aromatic heterocycles. The Morgan fingerprint density at radius 2 is 1.41 bits per heavy atom. The van der Waals surface area contributed by atoms with E-state index < -0.39 is 35.3 Å². The first-order valence-corrected chi connectivity index (χ1v) is 9.90. The number of amides is 1. The van der Waals surface area contributed by atoms with Crippen LogP contribution in [-0.4, -0.2) is 31.7 Å². The molecule has 3 aromatic rings. The maximum Gasteiger partial charge on any atom is 0.295 e. The molecule has 0 N–H and O–H groups in total. The van der Waals surface area contributed by atoms with Gasteiger partial charge >= 0.3 is 0 Å². The van der Waals surface area contributed by atoms with Gasteiger partial charge in [0, 0.05) is 16.8 Å². The van der Waals surface area contributed by atoms with Crippen LogP contribution in [0.1, 0.15) is 22.0 Å². The quantitative estimate of drug-likeness (QED) is 0.334. The topological polar surface area (TPSA) is 72.9 Å². The lowest BCUT2D eigenvalue weighted by atomic mass is 9.86. The summed E-state index contributed by atoms with van der Waals surface area (Å²) in [5.41, 5.74) is 0.687. The van der Waals surface area contributed by atoms with E-state index in [9.17, 15) is 18.8 Å². The van der Waals surface area contributed by atoms with E-state index >= 15 is 0 Å². The van der Waals surface area contributed by atoms with Crippen LogP contribution in [0.3, 0.4) is 0 Å². The normalized spacial score (nSPS) is 18.0. The molecule has 0 saturated carbocycles. The van der Waals surface area contributed by atoms with Gasteiger partial charge in [0.2, 0.25) is 5.78 Å². The second-order valence-electron chi connectivity index (χ2n) is 7.27. The molecule has 7 heteroatoms. The van der Waals surface area contributed by atoms with Crippen molar-refractivity contribution in [3.63, 3.8) is 0 Å². The molecular formula is C25H20FNO5. The van der Waals surface area contributed by atoms with Crippen LogP contribution in [-0.2, 0) is 9.59 Å². The summed E-state index contributed by atoms with van der Waals surface area (Å²) in [5, 5.41) is 0. The van der Waals surface area contributed by atoms with Crippen LogP contribution >= 0.6 is 0 Å². The average molecular weight is 433 g/mol. The van der Waals surface area contributed by atoms with Crippen molar-refractivity contribution in [2.45, 2.75) is 6.04 Å². The fourth-order valence-electron chi connectivity index (χ4n) is 3.92. The van der Waals surface area contributed by atoms with Gasteiger partial charge in [-0.3, -0.25) is 19.3 Å². The van der Waals surface area contributed by atoms with Crippen LogP contribution < -0.4 is 14.4 Å². The summed E-state index contributed by atoms with van der Waals surface area (Å²) < 4.78 is 25.1. The zero-order valence-electron chi connectivity index (χ0n) is 17.4. The van der Waals surface area contributed by atoms with Crippen molar-refractivity contribution in [3.05, 3.63) is 89.7 Å². The highest BCUT2D eigenvalue weighted by Gasteiger charge is 2.53. The van der Waals surface area contributed by atoms with Crippen LogP contribution in [0.15, 0.2) is 72.8 Å². The number of benzene rings is 3. The molecule has 0 bridgehead atoms. The molecule has 2 atom stereocenters. The second-order valence-corrected chi connectivity index (χ2v) is 7.27. The summed E-state index contributed by atoms with van der Waals surface area (Å²) in [4.78, 5) is 40.7. The third kappa shape index (κ3) is 3.62. The molecule has 1 heterocycles. The van der Waals surface area contributed by atoms with E-state index in [0.717, 1.165) is 0 Å². The van der Waals surface area contributed by atoms with Gasteiger partial charge in [0.05, 0.1) is 20.3 Å². The minimum atomic E-state index is -1.39. The minimum Gasteiger partial charge on any atom is -0.497 e. The van der Waals surface area contributed by atoms with E-state index in [-0.39, 0.29) is 11.1 Å². The number of ether oxygens (including phenoxy) is 2. The first kappa shape index (κ1) is 21.2. The highest BCUT2D eigenvalue weighted by molar-refractivity contribution is 6.49. The molecular weight excluding hydrogens is 413 g/mol. The minimum absolute atomic E-state index is 0.0920. The number of carbonyl (C=O) groups excluding carboxylic acids is 3. The van der Waals surface area contributed by atoms with Crippen LogP contribution in [0, 0.1) is 11.7 Å². The Bertz CT molecular complexity index is 1170. The fourth-order valence-corrected chi connectivity index (χ4v) is 3.92. The van der Waals surface area contributed by atoms with Gasteiger partial charge in [-0.25, -0.2) is 4.39 Å². The zero-order valence-corrected chi connectivity index (χ0v) is 17.4. The summed E-state index contributed by atoms with van der Waals surface area (Å²) >= 11 is 0. The molecule has 1 fully saturated rings. The maximum absolute atomic E-state index is 14.8. The summed E-state index contributed by atoms with van der Waals surface area (Å²) in [5.74, 6) is -3.21. The lowest BCUT2D eigenvalue weighted by Gasteiger charge is -2.27. The largest absolute Gasteiger partial charge is 0.497 e. The number of hydrogen-bond donors (Lipinski definition) is 0. The van der Waals surface area contributed by atoms with Crippen molar-refractivity contribution >= 4 is 23.2 Å². The number of nitrogens with zero attached hydrogens (tertiary/aromatic N) is 1. The number of carbonyl (C=O) groups is 3. The smallest absolute Gasteiger partial charge is 0.295 e. The van der Waals surface area contributed by atoms with Gasteiger partial charge in [0.1, 0.15) is 23.2 Å². The maximum atomic E-state index is 14.8. The highest BCUT2D eigenvalue weighted by atomic mass is 19.1. The summed E-state index contributed by atoms with van der Waals surface area (Å²) in [6, 6.07) is 17.4. The SMILES string of the molecule is COc1ccc(C(=O)C2C(=O)C(=O)N(c3ccc(OC)cc3)C2c2ccccc2F)cc1. The number of anilines is 1. The van der Waals surface area contributed by atoms with Crippen molar-refractivity contribution in [2.75, 3.05) is 19.1 Å². The third-order valence-electron chi connectivity index (χ3n) is 5.54. The van der Waals surface area contributed by atoms with Gasteiger partial charge in [-0.15, -0.1) is 0 Å². The number of halogens is 1. The van der Waals surface area contributed by atoms with Crippen molar-refractivity contribution in [1.82, 2.24) is 0 Å². The van der Waals surface area contributed by atoms with E-state index in [1.165, 1.54) is 49.5 Å². The van der Waals surface area contributed by atoms with Crippen molar-refractivity contribution < 1.29 is 28.2 Å². The number of methoxy groups -OCH3 is 2. The first-order valence-electron chi connectivity index (χ1n) is 9.90. The Hall–Kier alpha value is -4.00. The lowest BCUT2D eigenvalue weighted by Crippen LogP contribution is -2.31. The Balaban J connectivity index is 1.83. The zero-order chi connectivity index (χ0) is 22.8. The molecule has 0 radical (unpaired) electrons. The molecule has 0 aliphatic carbocycles. The lowest BCUT2D eigenvalue weighted by molar-refractivity contribution is -0.135. The predicted octanol–water partition coefficient (Wildman–Crippen LogP) is 4.00. The molecule has 32 heavy (non-hydrogen) atoms. The highest BCUT2D eigenvalue weighted by Crippen LogP contribution is 2.42. The van der Waals surface area contributed by atoms with Crippen LogP contribution in [0.5, 0.6) is 11.5 Å².